The van der Waals surface area contributed by atoms with E-state index in [2.05, 4.69) is 10.3 Å². The van der Waals surface area contributed by atoms with Gasteiger partial charge >= 0.3 is 6.03 Å². The second-order valence-electron chi connectivity index (χ2n) is 7.74. The van der Waals surface area contributed by atoms with Crippen molar-refractivity contribution in [2.24, 2.45) is 5.92 Å². The first kappa shape index (κ1) is 20.5. The van der Waals surface area contributed by atoms with E-state index in [9.17, 15) is 31.2 Å². The van der Waals surface area contributed by atoms with Crippen LogP contribution in [0, 0.1) is 23.4 Å². The van der Waals surface area contributed by atoms with Gasteiger partial charge in [-0.25, -0.2) is 30.7 Å². The van der Waals surface area contributed by atoms with Crippen LogP contribution in [0.15, 0.2) is 41.6 Å². The molecule has 166 valence electrons. The minimum absolute atomic E-state index is 0.0911. The van der Waals surface area contributed by atoms with Crippen LogP contribution in [0.25, 0.3) is 5.57 Å². The first-order valence-electron chi connectivity index (χ1n) is 9.60. The molecule has 0 radical (unpaired) electrons. The number of carbonyl (C=O) groups excluding carboxylic acids is 2. The van der Waals surface area contributed by atoms with Crippen LogP contribution in [-0.2, 0) is 14.8 Å². The Morgan fingerprint density at radius 1 is 1.22 bits per heavy atom. The van der Waals surface area contributed by atoms with Gasteiger partial charge in [0, 0.05) is 18.7 Å². The van der Waals surface area contributed by atoms with Crippen molar-refractivity contribution in [3.8, 4) is 0 Å². The summed E-state index contributed by atoms with van der Waals surface area (Å²) in [6, 6.07) is 1.49. The van der Waals surface area contributed by atoms with Gasteiger partial charge in [-0.2, -0.15) is 0 Å². The number of aromatic nitrogens is 1. The number of amides is 3. The number of halogens is 3. The lowest BCUT2D eigenvalue weighted by molar-refractivity contribution is -0.131. The zero-order valence-corrected chi connectivity index (χ0v) is 17.1. The number of nitrogens with one attached hydrogen (secondary N) is 1. The number of likely N-dealkylation sites (tertiary alicyclic amines) is 1. The average molecular weight is 464 g/mol. The molecule has 5 rings (SSSR count). The highest BCUT2D eigenvalue weighted by Gasteiger charge is 2.45. The minimum Gasteiger partial charge on any atom is -0.334 e. The molecule has 12 heteroatoms. The van der Waals surface area contributed by atoms with E-state index in [-0.39, 0.29) is 22.8 Å². The monoisotopic (exact) mass is 464 g/mol. The number of hydrogen-bond acceptors (Lipinski definition) is 5. The summed E-state index contributed by atoms with van der Waals surface area (Å²) in [7, 11) is -4.79. The number of hydrogen-bond donors (Lipinski definition) is 1. The Morgan fingerprint density at radius 3 is 2.69 bits per heavy atom. The first-order valence-corrected chi connectivity index (χ1v) is 11.0. The molecular formula is C20H15F3N4O4S. The molecule has 2 aromatic rings. The van der Waals surface area contributed by atoms with Crippen molar-refractivity contribution in [3.05, 3.63) is 59.7 Å². The second kappa shape index (κ2) is 7.05. The fourth-order valence-corrected chi connectivity index (χ4v) is 5.92. The van der Waals surface area contributed by atoms with Crippen LogP contribution < -0.4 is 5.32 Å². The Kier molecular flexibility index (Phi) is 4.52. The third kappa shape index (κ3) is 3.05. The molecule has 3 aliphatic rings. The van der Waals surface area contributed by atoms with Gasteiger partial charge in [0.05, 0.1) is 17.9 Å². The number of anilines is 1. The van der Waals surface area contributed by atoms with E-state index in [1.165, 1.54) is 17.2 Å². The zero-order valence-electron chi connectivity index (χ0n) is 16.3. The average Bonchev–Trinajstić information content (AvgIpc) is 3.34. The van der Waals surface area contributed by atoms with Gasteiger partial charge in [0.25, 0.3) is 10.0 Å². The number of fused-ring (bicyclic) bond motifs is 3. The Hall–Kier alpha value is -3.41. The summed E-state index contributed by atoms with van der Waals surface area (Å²) in [4.78, 5) is 29.4. The van der Waals surface area contributed by atoms with Crippen LogP contribution in [0.2, 0.25) is 0 Å². The summed E-state index contributed by atoms with van der Waals surface area (Å²) in [6.45, 7) is -0.613. The molecule has 0 saturated carbocycles. The molecule has 3 heterocycles. The maximum Gasteiger partial charge on any atom is 0.336 e. The standard InChI is InChI=1S/C20H15F3N4O4S/c21-12-3-10(6-24-7-12)14-5-13-4-11(14)8-26(13)17(28)9-27-20(29)25-16-2-1-15(22)18(23)19(16)32(27,30)31/h1-3,5-7,11,13H,4,8-9H2,(H,25,29). The third-order valence-electron chi connectivity index (χ3n) is 5.86. The van der Waals surface area contributed by atoms with E-state index in [4.69, 9.17) is 0 Å². The molecule has 2 unspecified atom stereocenters. The summed E-state index contributed by atoms with van der Waals surface area (Å²) in [6.07, 6.45) is 4.97. The highest BCUT2D eigenvalue weighted by Crippen LogP contribution is 2.42. The second-order valence-corrected chi connectivity index (χ2v) is 9.54. The van der Waals surface area contributed by atoms with Gasteiger partial charge in [0.15, 0.2) is 11.6 Å². The molecule has 2 bridgehead atoms. The molecule has 32 heavy (non-hydrogen) atoms. The topological polar surface area (TPSA) is 99.7 Å². The molecular weight excluding hydrogens is 449 g/mol. The Balaban J connectivity index is 1.38. The normalized spacial score (nSPS) is 23.1. The van der Waals surface area contributed by atoms with Crippen LogP contribution in [0.1, 0.15) is 12.0 Å². The van der Waals surface area contributed by atoms with Crippen LogP contribution in [0.3, 0.4) is 0 Å². The van der Waals surface area contributed by atoms with Crippen molar-refractivity contribution in [3.63, 3.8) is 0 Å². The van der Waals surface area contributed by atoms with Crippen LogP contribution in [-0.4, -0.2) is 53.7 Å². The van der Waals surface area contributed by atoms with Crippen LogP contribution in [0.5, 0.6) is 0 Å². The largest absolute Gasteiger partial charge is 0.336 e. The Labute approximate surface area is 180 Å². The van der Waals surface area contributed by atoms with Gasteiger partial charge in [-0.05, 0) is 35.8 Å². The molecule has 0 spiro atoms. The maximum absolute atomic E-state index is 14.2. The SMILES string of the molecule is O=C(CN1C(=O)Nc2ccc(F)c(F)c2S1(=O)=O)N1CC2CC1C=C2c1cncc(F)c1. The number of benzene rings is 1. The lowest BCUT2D eigenvalue weighted by Gasteiger charge is -2.32. The number of pyridine rings is 1. The highest BCUT2D eigenvalue weighted by molar-refractivity contribution is 7.90. The van der Waals surface area contributed by atoms with Crippen LogP contribution in [0.4, 0.5) is 23.7 Å². The van der Waals surface area contributed by atoms with E-state index in [1.807, 2.05) is 0 Å². The number of nitrogens with zero attached hydrogens (tertiary/aromatic N) is 3. The summed E-state index contributed by atoms with van der Waals surface area (Å²) in [5.41, 5.74) is 1.06. The molecule has 1 saturated heterocycles. The van der Waals surface area contributed by atoms with Gasteiger partial charge in [-0.3, -0.25) is 9.78 Å². The predicted octanol–water partition coefficient (Wildman–Crippen LogP) is 2.35. The molecule has 1 aromatic heterocycles. The molecule has 1 aromatic carbocycles. The van der Waals surface area contributed by atoms with Crippen molar-refractivity contribution in [1.29, 1.82) is 0 Å². The Morgan fingerprint density at radius 2 is 2.00 bits per heavy atom. The lowest BCUT2D eigenvalue weighted by atomic mass is 9.96. The molecule has 2 aliphatic heterocycles. The van der Waals surface area contributed by atoms with E-state index >= 15 is 0 Å². The van der Waals surface area contributed by atoms with Gasteiger partial charge in [0.2, 0.25) is 5.91 Å². The summed E-state index contributed by atoms with van der Waals surface area (Å²) in [5.74, 6) is -4.26. The fourth-order valence-electron chi connectivity index (χ4n) is 4.43. The molecule has 3 amide bonds. The summed E-state index contributed by atoms with van der Waals surface area (Å²) in [5, 5.41) is 2.17. The molecule has 8 nitrogen and oxygen atoms in total. The van der Waals surface area contributed by atoms with Crippen molar-refractivity contribution in [1.82, 2.24) is 14.2 Å². The van der Waals surface area contributed by atoms with Crippen molar-refractivity contribution in [2.45, 2.75) is 17.4 Å². The molecule has 1 fully saturated rings. The van der Waals surface area contributed by atoms with Crippen molar-refractivity contribution >= 4 is 33.2 Å². The summed E-state index contributed by atoms with van der Waals surface area (Å²) >= 11 is 0. The fraction of sp³-hybridized carbons (Fsp3) is 0.250. The molecule has 2 atom stereocenters. The smallest absolute Gasteiger partial charge is 0.334 e. The maximum atomic E-state index is 14.2. The van der Waals surface area contributed by atoms with E-state index in [1.54, 1.807) is 6.08 Å². The number of sulfonamides is 1. The lowest BCUT2D eigenvalue weighted by Crippen LogP contribution is -2.50. The number of carbonyl (C=O) groups is 2. The zero-order chi connectivity index (χ0) is 22.8. The number of rotatable bonds is 3. The molecule has 1 aliphatic carbocycles. The predicted molar refractivity (Wildman–Crippen MR) is 105 cm³/mol. The van der Waals surface area contributed by atoms with E-state index in [0.29, 0.717) is 18.1 Å². The van der Waals surface area contributed by atoms with Crippen LogP contribution >= 0.6 is 0 Å². The highest BCUT2D eigenvalue weighted by atomic mass is 32.2. The quantitative estimate of drug-likeness (QED) is 0.752. The third-order valence-corrected chi connectivity index (χ3v) is 7.65. The van der Waals surface area contributed by atoms with Crippen molar-refractivity contribution < 1.29 is 31.2 Å². The minimum atomic E-state index is -4.79. The first-order chi connectivity index (χ1) is 15.2. The summed E-state index contributed by atoms with van der Waals surface area (Å²) < 4.78 is 67.1. The van der Waals surface area contributed by atoms with Gasteiger partial charge in [0.1, 0.15) is 17.3 Å². The van der Waals surface area contributed by atoms with E-state index < -0.39 is 56.5 Å². The van der Waals surface area contributed by atoms with Gasteiger partial charge in [-0.1, -0.05) is 6.08 Å². The Bertz CT molecular complexity index is 1310. The van der Waals surface area contributed by atoms with Crippen molar-refractivity contribution in [2.75, 3.05) is 18.4 Å². The van der Waals surface area contributed by atoms with Gasteiger partial charge in [-0.15, -0.1) is 0 Å². The molecule has 1 N–H and O–H groups in total. The van der Waals surface area contributed by atoms with Gasteiger partial charge < -0.3 is 10.2 Å². The number of urea groups is 1. The van der Waals surface area contributed by atoms with E-state index in [0.717, 1.165) is 17.8 Å².